The highest BCUT2D eigenvalue weighted by atomic mass is 32.2. The zero-order chi connectivity index (χ0) is 26.5. The Hall–Kier alpha value is -3.00. The summed E-state index contributed by atoms with van der Waals surface area (Å²) >= 11 is 1.67. The average molecular weight is 547 g/mol. The molecule has 38 heavy (non-hydrogen) atoms. The summed E-state index contributed by atoms with van der Waals surface area (Å²) in [7, 11) is -3.87. The number of thiophene rings is 1. The number of aryl methyl sites for hydroxylation is 1. The lowest BCUT2D eigenvalue weighted by Gasteiger charge is -2.34. The Morgan fingerprint density at radius 1 is 0.842 bits per heavy atom. The fourth-order valence-electron chi connectivity index (χ4n) is 5.27. The van der Waals surface area contributed by atoms with Gasteiger partial charge in [-0.05, 0) is 60.4 Å². The highest BCUT2D eigenvalue weighted by Gasteiger charge is 2.35. The molecule has 0 unspecified atom stereocenters. The number of nitrogens with zero attached hydrogens (tertiary/aromatic N) is 2. The monoisotopic (exact) mass is 546 g/mol. The fourth-order valence-corrected chi connectivity index (χ4v) is 7.85. The van der Waals surface area contributed by atoms with Gasteiger partial charge in [0, 0.05) is 22.3 Å². The molecule has 1 aliphatic carbocycles. The van der Waals surface area contributed by atoms with Gasteiger partial charge in [0.25, 0.3) is 0 Å². The Labute approximate surface area is 229 Å². The number of fused-ring (bicyclic) bond motifs is 1. The van der Waals surface area contributed by atoms with E-state index >= 15 is 0 Å². The van der Waals surface area contributed by atoms with Crippen LogP contribution in [0, 0.1) is 6.92 Å². The first-order valence-electron chi connectivity index (χ1n) is 13.3. The number of carbonyl (C=O) groups excluding carboxylic acids is 1. The summed E-state index contributed by atoms with van der Waals surface area (Å²) in [5, 5.41) is 1.87. The average Bonchev–Trinajstić information content (AvgIpc) is 3.36. The molecule has 4 aromatic rings. The van der Waals surface area contributed by atoms with E-state index in [1.165, 1.54) is 9.18 Å². The molecule has 1 amide bonds. The number of amides is 1. The summed E-state index contributed by atoms with van der Waals surface area (Å²) < 4.78 is 29.7. The number of rotatable bonds is 9. The molecule has 0 saturated heterocycles. The van der Waals surface area contributed by atoms with E-state index in [0.29, 0.717) is 13.1 Å². The maximum atomic E-state index is 14.1. The number of hydrogen-bond donors (Lipinski definition) is 0. The van der Waals surface area contributed by atoms with E-state index in [-0.39, 0.29) is 23.4 Å². The van der Waals surface area contributed by atoms with Crippen LogP contribution in [0.4, 0.5) is 0 Å². The first kappa shape index (κ1) is 26.6. The Morgan fingerprint density at radius 3 is 2.26 bits per heavy atom. The topological polar surface area (TPSA) is 57.7 Å². The highest BCUT2D eigenvalue weighted by Crippen LogP contribution is 2.30. The van der Waals surface area contributed by atoms with Crippen LogP contribution in [0.5, 0.6) is 0 Å². The van der Waals surface area contributed by atoms with Crippen molar-refractivity contribution >= 4 is 38.0 Å². The van der Waals surface area contributed by atoms with Gasteiger partial charge in [-0.25, -0.2) is 8.42 Å². The predicted octanol–water partition coefficient (Wildman–Crippen LogP) is 6.76. The Morgan fingerprint density at radius 2 is 1.55 bits per heavy atom. The summed E-state index contributed by atoms with van der Waals surface area (Å²) in [4.78, 5) is 18.3. The van der Waals surface area contributed by atoms with E-state index in [2.05, 4.69) is 19.1 Å². The van der Waals surface area contributed by atoms with Crippen LogP contribution < -0.4 is 0 Å². The number of sulfonamides is 1. The molecule has 1 aliphatic rings. The molecule has 1 fully saturated rings. The van der Waals surface area contributed by atoms with Crippen LogP contribution in [0.3, 0.4) is 0 Å². The lowest BCUT2D eigenvalue weighted by Crippen LogP contribution is -2.47. The normalized spacial score (nSPS) is 14.7. The van der Waals surface area contributed by atoms with Gasteiger partial charge in [0.15, 0.2) is 0 Å². The van der Waals surface area contributed by atoms with Crippen molar-refractivity contribution in [1.82, 2.24) is 9.21 Å². The second-order valence-corrected chi connectivity index (χ2v) is 13.4. The molecule has 0 bridgehead atoms. The first-order valence-corrected chi connectivity index (χ1v) is 15.5. The third kappa shape index (κ3) is 6.17. The minimum absolute atomic E-state index is 0.156. The van der Waals surface area contributed by atoms with Gasteiger partial charge >= 0.3 is 0 Å². The first-order chi connectivity index (χ1) is 18.4. The van der Waals surface area contributed by atoms with Crippen LogP contribution in [-0.4, -0.2) is 36.1 Å². The van der Waals surface area contributed by atoms with Crippen molar-refractivity contribution in [3.8, 4) is 0 Å². The second-order valence-electron chi connectivity index (χ2n) is 10.1. The molecule has 5 rings (SSSR count). The van der Waals surface area contributed by atoms with Crippen molar-refractivity contribution in [2.24, 2.45) is 0 Å². The lowest BCUT2D eigenvalue weighted by atomic mass is 9.95. The standard InChI is InChI=1S/C31H34N2O3S2/c1-24-16-18-29(37-24)22-32(21-25-10-4-2-5-11-25)31(34)23-33(28-14-6-3-7-15-28)38(35,36)30-19-17-26-12-8-9-13-27(26)20-30/h2,4-5,8-13,16-20,28H,3,6-7,14-15,21-23H2,1H3. The van der Waals surface area contributed by atoms with Crippen molar-refractivity contribution in [1.29, 1.82) is 0 Å². The highest BCUT2D eigenvalue weighted by molar-refractivity contribution is 7.89. The van der Waals surface area contributed by atoms with Gasteiger partial charge in [0.05, 0.1) is 18.0 Å². The van der Waals surface area contributed by atoms with Crippen LogP contribution in [0.25, 0.3) is 10.8 Å². The molecule has 1 saturated carbocycles. The molecule has 1 aromatic heterocycles. The molecule has 7 heteroatoms. The summed E-state index contributed by atoms with van der Waals surface area (Å²) in [5.41, 5.74) is 1.02. The van der Waals surface area contributed by atoms with E-state index < -0.39 is 10.0 Å². The van der Waals surface area contributed by atoms with Crippen LogP contribution in [0.1, 0.15) is 47.4 Å². The quantitative estimate of drug-likeness (QED) is 0.233. The minimum atomic E-state index is -3.87. The molecule has 3 aromatic carbocycles. The molecular formula is C31H34N2O3S2. The number of benzene rings is 3. The van der Waals surface area contributed by atoms with E-state index in [1.807, 2.05) is 60.7 Å². The van der Waals surface area contributed by atoms with Gasteiger partial charge < -0.3 is 4.90 Å². The maximum Gasteiger partial charge on any atom is 0.243 e. The van der Waals surface area contributed by atoms with Crippen LogP contribution in [0.15, 0.2) is 89.8 Å². The van der Waals surface area contributed by atoms with Crippen molar-refractivity contribution in [2.45, 2.75) is 63.1 Å². The van der Waals surface area contributed by atoms with Crippen molar-refractivity contribution in [3.05, 3.63) is 100 Å². The molecule has 0 radical (unpaired) electrons. The Bertz CT molecular complexity index is 1490. The van der Waals surface area contributed by atoms with Gasteiger partial charge in [-0.1, -0.05) is 79.9 Å². The molecule has 1 heterocycles. The zero-order valence-corrected chi connectivity index (χ0v) is 23.4. The molecule has 198 valence electrons. The molecule has 0 N–H and O–H groups in total. The zero-order valence-electron chi connectivity index (χ0n) is 21.8. The van der Waals surface area contributed by atoms with Crippen LogP contribution in [0.2, 0.25) is 0 Å². The minimum Gasteiger partial charge on any atom is -0.332 e. The van der Waals surface area contributed by atoms with Crippen LogP contribution >= 0.6 is 11.3 Å². The molecule has 0 spiro atoms. The van der Waals surface area contributed by atoms with Gasteiger partial charge in [0.1, 0.15) is 0 Å². The number of carbonyl (C=O) groups is 1. The predicted molar refractivity (Wildman–Crippen MR) is 154 cm³/mol. The lowest BCUT2D eigenvalue weighted by molar-refractivity contribution is -0.133. The van der Waals surface area contributed by atoms with Crippen molar-refractivity contribution in [3.63, 3.8) is 0 Å². The smallest absolute Gasteiger partial charge is 0.243 e. The molecule has 5 nitrogen and oxygen atoms in total. The molecule has 0 atom stereocenters. The summed E-state index contributed by atoms with van der Waals surface area (Å²) in [6.07, 6.45) is 4.62. The summed E-state index contributed by atoms with van der Waals surface area (Å²) in [5.74, 6) is -0.171. The van der Waals surface area contributed by atoms with Crippen molar-refractivity contribution in [2.75, 3.05) is 6.54 Å². The SMILES string of the molecule is Cc1ccc(CN(Cc2ccccc2)C(=O)CN(C2CCCCC2)S(=O)(=O)c2ccc3ccccc3c2)s1. The van der Waals surface area contributed by atoms with E-state index in [0.717, 1.165) is 53.3 Å². The van der Waals surface area contributed by atoms with Gasteiger partial charge in [-0.2, -0.15) is 4.31 Å². The van der Waals surface area contributed by atoms with E-state index in [9.17, 15) is 13.2 Å². The summed E-state index contributed by atoms with van der Waals surface area (Å²) in [6.45, 7) is 2.79. The largest absolute Gasteiger partial charge is 0.332 e. The Balaban J connectivity index is 1.46. The van der Waals surface area contributed by atoms with Crippen LogP contribution in [-0.2, 0) is 27.9 Å². The third-order valence-corrected chi connectivity index (χ3v) is 10.2. The van der Waals surface area contributed by atoms with Gasteiger partial charge in [-0.15, -0.1) is 11.3 Å². The molecular weight excluding hydrogens is 512 g/mol. The Kier molecular flexibility index (Phi) is 8.27. The number of hydrogen-bond acceptors (Lipinski definition) is 4. The van der Waals surface area contributed by atoms with Gasteiger partial charge in [-0.3, -0.25) is 4.79 Å². The van der Waals surface area contributed by atoms with E-state index in [1.54, 1.807) is 28.4 Å². The molecule has 0 aliphatic heterocycles. The summed E-state index contributed by atoms with van der Waals surface area (Å²) in [6, 6.07) is 26.9. The maximum absolute atomic E-state index is 14.1. The van der Waals surface area contributed by atoms with Crippen molar-refractivity contribution < 1.29 is 13.2 Å². The van der Waals surface area contributed by atoms with E-state index in [4.69, 9.17) is 0 Å². The fraction of sp³-hybridized carbons (Fsp3) is 0.323. The third-order valence-electron chi connectivity index (χ3n) is 7.31. The van der Waals surface area contributed by atoms with Gasteiger partial charge in [0.2, 0.25) is 15.9 Å². The second kappa shape index (κ2) is 11.8.